The van der Waals surface area contributed by atoms with Gasteiger partial charge in [-0.2, -0.15) is 0 Å². The average Bonchev–Trinajstić information content (AvgIpc) is 2.79. The van der Waals surface area contributed by atoms with E-state index in [1.807, 2.05) is 17.0 Å². The van der Waals surface area contributed by atoms with Gasteiger partial charge in [0.1, 0.15) is 6.10 Å². The standard InChI is InChI=1S/C17H23F2NO/c1-12-11-20(10-8-13-5-3-2-4-6-13)14-7-9-17(18,19)16(21)15(12)14/h8,10-11,13,16,21H,2-7,9H2,1H3/b10-8+. The molecule has 1 atom stereocenters. The lowest BCUT2D eigenvalue weighted by atomic mass is 9.89. The van der Waals surface area contributed by atoms with Crippen molar-refractivity contribution in [3.05, 3.63) is 29.1 Å². The zero-order chi connectivity index (χ0) is 15.0. The third-order valence-electron chi connectivity index (χ3n) is 4.92. The minimum absolute atomic E-state index is 0.276. The Labute approximate surface area is 124 Å². The van der Waals surface area contributed by atoms with Crippen molar-refractivity contribution in [1.82, 2.24) is 4.57 Å². The van der Waals surface area contributed by atoms with Crippen LogP contribution in [0.25, 0.3) is 6.20 Å². The molecule has 0 amide bonds. The summed E-state index contributed by atoms with van der Waals surface area (Å²) >= 11 is 0. The molecule has 1 saturated carbocycles. The predicted octanol–water partition coefficient (Wildman–Crippen LogP) is 4.46. The van der Waals surface area contributed by atoms with Crippen LogP contribution in [0, 0.1) is 12.8 Å². The first kappa shape index (κ1) is 14.8. The summed E-state index contributed by atoms with van der Waals surface area (Å²) in [5.74, 6) is -2.40. The number of aryl methyl sites for hydroxylation is 1. The average molecular weight is 295 g/mol. The number of nitrogens with zero attached hydrogens (tertiary/aromatic N) is 1. The van der Waals surface area contributed by atoms with Crippen LogP contribution in [0.3, 0.4) is 0 Å². The summed E-state index contributed by atoms with van der Waals surface area (Å²) in [7, 11) is 0. The smallest absolute Gasteiger partial charge is 0.278 e. The molecule has 0 saturated heterocycles. The molecule has 0 bridgehead atoms. The fourth-order valence-electron chi connectivity index (χ4n) is 3.67. The van der Waals surface area contributed by atoms with Crippen LogP contribution in [0.1, 0.15) is 61.4 Å². The van der Waals surface area contributed by atoms with E-state index in [9.17, 15) is 13.9 Å². The first-order chi connectivity index (χ1) is 9.99. The molecule has 1 aromatic heterocycles. The topological polar surface area (TPSA) is 25.2 Å². The summed E-state index contributed by atoms with van der Waals surface area (Å²) in [4.78, 5) is 0. The Balaban J connectivity index is 1.85. The summed E-state index contributed by atoms with van der Waals surface area (Å²) in [6, 6.07) is 0. The molecular formula is C17H23F2NO. The van der Waals surface area contributed by atoms with Crippen molar-refractivity contribution in [2.45, 2.75) is 63.9 Å². The number of hydrogen-bond donors (Lipinski definition) is 1. The van der Waals surface area contributed by atoms with E-state index in [1.165, 1.54) is 32.1 Å². The summed E-state index contributed by atoms with van der Waals surface area (Å²) < 4.78 is 29.3. The zero-order valence-corrected chi connectivity index (χ0v) is 12.5. The molecule has 21 heavy (non-hydrogen) atoms. The lowest BCUT2D eigenvalue weighted by Gasteiger charge is -2.29. The van der Waals surface area contributed by atoms with E-state index in [-0.39, 0.29) is 6.42 Å². The molecule has 0 aromatic carbocycles. The van der Waals surface area contributed by atoms with Crippen molar-refractivity contribution in [3.63, 3.8) is 0 Å². The van der Waals surface area contributed by atoms with Crippen LogP contribution >= 0.6 is 0 Å². The summed E-state index contributed by atoms with van der Waals surface area (Å²) in [5, 5.41) is 9.91. The molecule has 1 heterocycles. The van der Waals surface area contributed by atoms with Crippen molar-refractivity contribution < 1.29 is 13.9 Å². The molecule has 2 nitrogen and oxygen atoms in total. The number of alkyl halides is 2. The first-order valence-electron chi connectivity index (χ1n) is 7.93. The van der Waals surface area contributed by atoms with Gasteiger partial charge >= 0.3 is 0 Å². The summed E-state index contributed by atoms with van der Waals surface area (Å²) in [5.41, 5.74) is 2.03. The number of rotatable bonds is 2. The number of aromatic nitrogens is 1. The van der Waals surface area contributed by atoms with E-state index in [2.05, 4.69) is 6.08 Å². The number of hydrogen-bond acceptors (Lipinski definition) is 1. The lowest BCUT2D eigenvalue weighted by molar-refractivity contribution is -0.122. The summed E-state index contributed by atoms with van der Waals surface area (Å²) in [6.45, 7) is 1.80. The Hall–Kier alpha value is -1.16. The Kier molecular flexibility index (Phi) is 3.91. The van der Waals surface area contributed by atoms with E-state index in [0.717, 1.165) is 11.3 Å². The summed E-state index contributed by atoms with van der Waals surface area (Å²) in [6.07, 6.45) is 10.8. The van der Waals surface area contributed by atoms with Crippen LogP contribution < -0.4 is 0 Å². The number of aliphatic hydroxyl groups is 1. The van der Waals surface area contributed by atoms with Crippen molar-refractivity contribution in [2.24, 2.45) is 5.92 Å². The number of fused-ring (bicyclic) bond motifs is 1. The van der Waals surface area contributed by atoms with Crippen molar-refractivity contribution in [1.29, 1.82) is 0 Å². The minimum Gasteiger partial charge on any atom is -0.382 e. The second-order valence-corrected chi connectivity index (χ2v) is 6.48. The largest absolute Gasteiger partial charge is 0.382 e. The number of allylic oxidation sites excluding steroid dienone is 1. The van der Waals surface area contributed by atoms with Gasteiger partial charge in [0.05, 0.1) is 0 Å². The van der Waals surface area contributed by atoms with Crippen LogP contribution in [0.5, 0.6) is 0 Å². The Morgan fingerprint density at radius 3 is 2.71 bits per heavy atom. The quantitative estimate of drug-likeness (QED) is 0.856. The van der Waals surface area contributed by atoms with Gasteiger partial charge in [-0.05, 0) is 37.7 Å². The van der Waals surface area contributed by atoms with Crippen LogP contribution in [0.4, 0.5) is 8.78 Å². The van der Waals surface area contributed by atoms with E-state index >= 15 is 0 Å². The highest BCUT2D eigenvalue weighted by Gasteiger charge is 2.45. The molecule has 1 unspecified atom stereocenters. The van der Waals surface area contributed by atoms with Crippen molar-refractivity contribution >= 4 is 6.20 Å². The lowest BCUT2D eigenvalue weighted by Crippen LogP contribution is -2.32. The molecule has 0 aliphatic heterocycles. The van der Waals surface area contributed by atoms with E-state index in [1.54, 1.807) is 6.92 Å². The van der Waals surface area contributed by atoms with Gasteiger partial charge in [0.15, 0.2) is 0 Å². The molecule has 2 aliphatic carbocycles. The molecular weight excluding hydrogens is 272 g/mol. The highest BCUT2D eigenvalue weighted by Crippen LogP contribution is 2.43. The zero-order valence-electron chi connectivity index (χ0n) is 12.5. The van der Waals surface area contributed by atoms with Crippen LogP contribution in [0.15, 0.2) is 12.3 Å². The maximum Gasteiger partial charge on any atom is 0.278 e. The third kappa shape index (κ3) is 2.78. The minimum atomic E-state index is -3.00. The molecule has 1 N–H and O–H groups in total. The molecule has 4 heteroatoms. The number of aliphatic hydroxyl groups excluding tert-OH is 1. The molecule has 3 rings (SSSR count). The fraction of sp³-hybridized carbons (Fsp3) is 0.647. The highest BCUT2D eigenvalue weighted by molar-refractivity contribution is 5.43. The van der Waals surface area contributed by atoms with Crippen LogP contribution in [0.2, 0.25) is 0 Å². The van der Waals surface area contributed by atoms with Crippen LogP contribution in [-0.2, 0) is 6.42 Å². The Morgan fingerprint density at radius 2 is 2.00 bits per heavy atom. The van der Waals surface area contributed by atoms with Gasteiger partial charge in [0, 0.05) is 30.1 Å². The second-order valence-electron chi connectivity index (χ2n) is 6.48. The molecule has 116 valence electrons. The van der Waals surface area contributed by atoms with Crippen molar-refractivity contribution in [2.75, 3.05) is 0 Å². The van der Waals surface area contributed by atoms with Gasteiger partial charge in [-0.15, -0.1) is 0 Å². The third-order valence-corrected chi connectivity index (χ3v) is 4.92. The van der Waals surface area contributed by atoms with Crippen LogP contribution in [-0.4, -0.2) is 15.6 Å². The van der Waals surface area contributed by atoms with E-state index in [0.29, 0.717) is 17.9 Å². The normalized spacial score (nSPS) is 26.2. The van der Waals surface area contributed by atoms with Gasteiger partial charge in [0.2, 0.25) is 0 Å². The predicted molar refractivity (Wildman–Crippen MR) is 79.3 cm³/mol. The fourth-order valence-corrected chi connectivity index (χ4v) is 3.67. The molecule has 0 spiro atoms. The SMILES string of the molecule is Cc1cn(/C=C/C2CCCCC2)c2c1C(O)C(F)(F)CC2. The van der Waals surface area contributed by atoms with E-state index in [4.69, 9.17) is 0 Å². The Morgan fingerprint density at radius 1 is 1.29 bits per heavy atom. The highest BCUT2D eigenvalue weighted by atomic mass is 19.3. The van der Waals surface area contributed by atoms with Gasteiger partial charge in [-0.3, -0.25) is 0 Å². The van der Waals surface area contributed by atoms with Gasteiger partial charge < -0.3 is 9.67 Å². The molecule has 1 fully saturated rings. The molecule has 0 radical (unpaired) electrons. The van der Waals surface area contributed by atoms with Gasteiger partial charge in [-0.25, -0.2) is 8.78 Å². The van der Waals surface area contributed by atoms with Gasteiger partial charge in [-0.1, -0.05) is 25.3 Å². The van der Waals surface area contributed by atoms with Crippen molar-refractivity contribution in [3.8, 4) is 0 Å². The monoisotopic (exact) mass is 295 g/mol. The van der Waals surface area contributed by atoms with E-state index < -0.39 is 12.0 Å². The molecule has 2 aliphatic rings. The molecule has 1 aromatic rings. The Bertz CT molecular complexity index is 541. The number of halogens is 2. The second kappa shape index (κ2) is 5.56. The van der Waals surface area contributed by atoms with Gasteiger partial charge in [0.25, 0.3) is 5.92 Å². The maximum absolute atomic E-state index is 13.7. The first-order valence-corrected chi connectivity index (χ1v) is 7.93. The maximum atomic E-state index is 13.7.